The summed E-state index contributed by atoms with van der Waals surface area (Å²) in [5, 5.41) is 9.85. The van der Waals surface area contributed by atoms with Crippen LogP contribution in [0.15, 0.2) is 72.8 Å². The van der Waals surface area contributed by atoms with E-state index in [2.05, 4.69) is 0 Å². The van der Waals surface area contributed by atoms with E-state index in [1.165, 1.54) is 0 Å². The Bertz CT molecular complexity index is 1460. The normalized spacial score (nSPS) is 26.0. The maximum atomic E-state index is 15.9. The summed E-state index contributed by atoms with van der Waals surface area (Å²) in [6.45, 7) is 5.42. The Morgan fingerprint density at radius 1 is 1.00 bits per heavy atom. The van der Waals surface area contributed by atoms with E-state index in [1.807, 2.05) is 79.7 Å². The van der Waals surface area contributed by atoms with Crippen molar-refractivity contribution in [2.45, 2.75) is 63.1 Å². The molecule has 3 aliphatic rings. The van der Waals surface area contributed by atoms with Crippen LogP contribution in [0.4, 0.5) is 21.2 Å². The number of halogens is 1. The highest BCUT2D eigenvalue weighted by Gasteiger charge is 2.66. The van der Waals surface area contributed by atoms with E-state index in [-0.39, 0.29) is 24.8 Å². The van der Waals surface area contributed by atoms with Gasteiger partial charge in [0.1, 0.15) is 0 Å². The summed E-state index contributed by atoms with van der Waals surface area (Å²) in [5.41, 5.74) is 3.07. The number of anilines is 3. The summed E-state index contributed by atoms with van der Waals surface area (Å²) in [6.07, 6.45) is 0.759. The molecule has 0 radical (unpaired) electrons. The molecule has 6 rings (SSSR count). The van der Waals surface area contributed by atoms with Crippen LogP contribution in [0.1, 0.15) is 36.5 Å². The maximum absolute atomic E-state index is 15.9. The zero-order valence-corrected chi connectivity index (χ0v) is 24.1. The number of amides is 2. The molecule has 1 saturated heterocycles. The summed E-state index contributed by atoms with van der Waals surface area (Å²) < 4.78 is 22.6. The number of carbonyl (C=O) groups is 2. The second kappa shape index (κ2) is 9.94. The fourth-order valence-corrected chi connectivity index (χ4v) is 9.75. The lowest BCUT2D eigenvalue weighted by Gasteiger charge is -2.32. The first-order valence-corrected chi connectivity index (χ1v) is 17.0. The van der Waals surface area contributed by atoms with Crippen LogP contribution in [0.2, 0.25) is 18.6 Å². The minimum absolute atomic E-state index is 0.00751. The molecule has 0 aromatic heterocycles. The van der Waals surface area contributed by atoms with E-state index in [1.54, 1.807) is 22.9 Å². The number of ether oxygens (including phenoxy) is 1. The van der Waals surface area contributed by atoms with Gasteiger partial charge in [-0.1, -0.05) is 55.5 Å². The number of aliphatic hydroxyl groups is 1. The van der Waals surface area contributed by atoms with Gasteiger partial charge in [-0.15, -0.1) is 0 Å². The molecular formula is C32H35FN2O4Si. The first-order chi connectivity index (χ1) is 19.2. The highest BCUT2D eigenvalue weighted by atomic mass is 28.4. The number of aliphatic hydroxyl groups excluding tert-OH is 1. The quantitative estimate of drug-likeness (QED) is 0.298. The third-order valence-corrected chi connectivity index (χ3v) is 11.3. The maximum Gasteiger partial charge on any atom is 0.264 e. The third kappa shape index (κ3) is 4.12. The van der Waals surface area contributed by atoms with Crippen molar-refractivity contribution in [2.24, 2.45) is 5.92 Å². The molecule has 8 heteroatoms. The van der Waals surface area contributed by atoms with Gasteiger partial charge >= 0.3 is 0 Å². The standard InChI is InChI=1S/C32H35FN2O4Si/c1-21-30(40(2,3)33)28(17-18-36)39-32(21)25-19-24(35-26-12-8-7-11-23(26)13-16-29(35)37)14-15-27(25)34(31(32)38)20-22-9-5-4-6-10-22/h4-12,14-15,19,21,28,30,36H,13,16-18,20H2,1-3H3/t21-,28+,30-,32+/m0/s1. The molecule has 0 saturated carbocycles. The van der Waals surface area contributed by atoms with Crippen LogP contribution in [-0.4, -0.2) is 38.0 Å². The van der Waals surface area contributed by atoms with Crippen LogP contribution < -0.4 is 9.80 Å². The molecule has 3 aromatic rings. The fourth-order valence-electron chi connectivity index (χ4n) is 7.21. The van der Waals surface area contributed by atoms with E-state index < -0.39 is 31.6 Å². The third-order valence-electron chi connectivity index (χ3n) is 8.89. The Kier molecular flexibility index (Phi) is 6.68. The number of hydrogen-bond donors (Lipinski definition) is 1. The molecule has 0 unspecified atom stereocenters. The van der Waals surface area contributed by atoms with Crippen molar-refractivity contribution in [1.82, 2.24) is 0 Å². The molecule has 208 valence electrons. The monoisotopic (exact) mass is 558 g/mol. The highest BCUT2D eigenvalue weighted by molar-refractivity contribution is 6.72. The second-order valence-electron chi connectivity index (χ2n) is 11.7. The number of carbonyl (C=O) groups excluding carboxylic acids is 2. The average molecular weight is 559 g/mol. The molecule has 0 aliphatic carbocycles. The number of rotatable bonds is 6. The Morgan fingerprint density at radius 3 is 2.45 bits per heavy atom. The largest absolute Gasteiger partial charge is 0.396 e. The van der Waals surface area contributed by atoms with Crippen molar-refractivity contribution in [3.05, 3.63) is 89.5 Å². The topological polar surface area (TPSA) is 70.1 Å². The summed E-state index contributed by atoms with van der Waals surface area (Å²) in [5.74, 6) is -0.681. The molecule has 3 aromatic carbocycles. The van der Waals surface area contributed by atoms with E-state index in [0.29, 0.717) is 36.3 Å². The first kappa shape index (κ1) is 26.9. The van der Waals surface area contributed by atoms with Crippen LogP contribution in [0.3, 0.4) is 0 Å². The molecule has 40 heavy (non-hydrogen) atoms. The van der Waals surface area contributed by atoms with Crippen molar-refractivity contribution in [3.63, 3.8) is 0 Å². The summed E-state index contributed by atoms with van der Waals surface area (Å²) in [7, 11) is -3.30. The first-order valence-electron chi connectivity index (χ1n) is 14.1. The van der Waals surface area contributed by atoms with Gasteiger partial charge in [-0.2, -0.15) is 0 Å². The molecule has 1 fully saturated rings. The fraction of sp³-hybridized carbons (Fsp3) is 0.375. The molecule has 4 atom stereocenters. The Balaban J connectivity index is 1.52. The summed E-state index contributed by atoms with van der Waals surface area (Å²) in [6, 6.07) is 23.3. The van der Waals surface area contributed by atoms with Gasteiger partial charge in [-0.3, -0.25) is 14.5 Å². The number of aryl methyl sites for hydroxylation is 1. The van der Waals surface area contributed by atoms with Crippen LogP contribution in [-0.2, 0) is 32.9 Å². The number of fused-ring (bicyclic) bond motifs is 3. The lowest BCUT2D eigenvalue weighted by atomic mass is 9.82. The number of hydrogen-bond acceptors (Lipinski definition) is 4. The van der Waals surface area contributed by atoms with Crippen molar-refractivity contribution < 1.29 is 23.5 Å². The number of nitrogens with zero attached hydrogens (tertiary/aromatic N) is 2. The van der Waals surface area contributed by atoms with Crippen LogP contribution >= 0.6 is 0 Å². The number of benzene rings is 3. The minimum Gasteiger partial charge on any atom is -0.396 e. The highest BCUT2D eigenvalue weighted by Crippen LogP contribution is 2.60. The minimum atomic E-state index is -3.30. The van der Waals surface area contributed by atoms with Crippen molar-refractivity contribution >= 4 is 37.3 Å². The van der Waals surface area contributed by atoms with E-state index in [9.17, 15) is 14.7 Å². The van der Waals surface area contributed by atoms with Gasteiger partial charge < -0.3 is 18.9 Å². The zero-order chi connectivity index (χ0) is 28.2. The second-order valence-corrected chi connectivity index (χ2v) is 15.5. The van der Waals surface area contributed by atoms with Gasteiger partial charge in [0.2, 0.25) is 14.3 Å². The van der Waals surface area contributed by atoms with E-state index in [0.717, 1.165) is 16.8 Å². The van der Waals surface area contributed by atoms with Gasteiger partial charge in [0.25, 0.3) is 5.91 Å². The molecule has 3 aliphatic heterocycles. The molecular weight excluding hydrogens is 523 g/mol. The van der Waals surface area contributed by atoms with Gasteiger partial charge in [-0.05, 0) is 61.3 Å². The van der Waals surface area contributed by atoms with Gasteiger partial charge in [-0.25, -0.2) is 0 Å². The molecule has 2 amide bonds. The predicted octanol–water partition coefficient (Wildman–Crippen LogP) is 6.00. The van der Waals surface area contributed by atoms with Crippen molar-refractivity contribution in [2.75, 3.05) is 16.4 Å². The Labute approximate surface area is 235 Å². The predicted molar refractivity (Wildman–Crippen MR) is 156 cm³/mol. The summed E-state index contributed by atoms with van der Waals surface area (Å²) >= 11 is 0. The molecule has 6 nitrogen and oxygen atoms in total. The van der Waals surface area contributed by atoms with Crippen LogP contribution in [0.5, 0.6) is 0 Å². The summed E-state index contributed by atoms with van der Waals surface area (Å²) in [4.78, 5) is 31.3. The number of para-hydroxylation sites is 1. The van der Waals surface area contributed by atoms with Crippen LogP contribution in [0, 0.1) is 5.92 Å². The van der Waals surface area contributed by atoms with Gasteiger partial charge in [0, 0.05) is 35.7 Å². The molecule has 3 heterocycles. The smallest absolute Gasteiger partial charge is 0.264 e. The zero-order valence-electron chi connectivity index (χ0n) is 23.1. The van der Waals surface area contributed by atoms with Crippen molar-refractivity contribution in [3.8, 4) is 0 Å². The SMILES string of the molecule is C[C@H]1[C@H]([Si](C)(C)F)[C@@H](CCO)O[C@]12C(=O)N(Cc1ccccc1)c1ccc(N3C(=O)CCc4ccccc43)cc12. The average Bonchev–Trinajstić information content (AvgIpc) is 3.36. The molecule has 0 bridgehead atoms. The lowest BCUT2D eigenvalue weighted by molar-refractivity contribution is -0.146. The van der Waals surface area contributed by atoms with Crippen molar-refractivity contribution in [1.29, 1.82) is 0 Å². The molecule has 1 spiro atoms. The van der Waals surface area contributed by atoms with Gasteiger partial charge in [0.05, 0.1) is 24.0 Å². The van der Waals surface area contributed by atoms with Gasteiger partial charge in [0.15, 0.2) is 5.60 Å². The lowest BCUT2D eigenvalue weighted by Crippen LogP contribution is -2.45. The van der Waals surface area contributed by atoms with Crippen LogP contribution in [0.25, 0.3) is 0 Å². The van der Waals surface area contributed by atoms with E-state index >= 15 is 4.11 Å². The Morgan fingerprint density at radius 2 is 1.73 bits per heavy atom. The molecule has 1 N–H and O–H groups in total. The van der Waals surface area contributed by atoms with E-state index in [4.69, 9.17) is 4.74 Å². The Hall–Kier alpha value is -3.33.